The Balaban J connectivity index is 1.25. The van der Waals surface area contributed by atoms with E-state index in [9.17, 15) is 9.90 Å². The second-order valence-corrected chi connectivity index (χ2v) is 9.32. The monoisotopic (exact) mass is 378 g/mol. The normalized spacial score (nSPS) is 30.6. The van der Waals surface area contributed by atoms with Gasteiger partial charge in [0.1, 0.15) is 11.1 Å². The summed E-state index contributed by atoms with van der Waals surface area (Å²) in [6.07, 6.45) is 7.25. The Labute approximate surface area is 159 Å². The van der Waals surface area contributed by atoms with Gasteiger partial charge in [-0.25, -0.2) is 4.98 Å². The lowest BCUT2D eigenvalue weighted by molar-refractivity contribution is -0.164. The van der Waals surface area contributed by atoms with Crippen molar-refractivity contribution >= 4 is 17.5 Å². The second kappa shape index (κ2) is 6.38. The van der Waals surface area contributed by atoms with Crippen LogP contribution in [0.5, 0.6) is 5.88 Å². The van der Waals surface area contributed by atoms with Crippen LogP contribution >= 0.6 is 11.6 Å². The molecule has 6 heteroatoms. The first-order valence-electron chi connectivity index (χ1n) is 9.55. The lowest BCUT2D eigenvalue weighted by Crippen LogP contribution is -2.63. The maximum atomic E-state index is 12.5. The van der Waals surface area contributed by atoms with E-state index in [0.717, 1.165) is 44.3 Å². The number of aryl methyl sites for hydroxylation is 1. The van der Waals surface area contributed by atoms with Gasteiger partial charge < -0.3 is 14.7 Å². The predicted octanol–water partition coefficient (Wildman–Crippen LogP) is 3.35. The Hall–Kier alpha value is -1.33. The molecule has 0 radical (unpaired) electrons. The van der Waals surface area contributed by atoms with Crippen LogP contribution in [0.15, 0.2) is 12.3 Å². The summed E-state index contributed by atoms with van der Waals surface area (Å²) in [7, 11) is 0. The Kier molecular flexibility index (Phi) is 4.43. The highest BCUT2D eigenvalue weighted by atomic mass is 35.5. The zero-order chi connectivity index (χ0) is 18.5. The number of carbonyl (C=O) groups excluding carboxylic acids is 1. The topological polar surface area (TPSA) is 62.7 Å². The zero-order valence-corrected chi connectivity index (χ0v) is 16.3. The summed E-state index contributed by atoms with van der Waals surface area (Å²) in [5.74, 6) is 0.786. The number of hydrogen-bond acceptors (Lipinski definition) is 4. The summed E-state index contributed by atoms with van der Waals surface area (Å²) in [6, 6.07) is 1.88. The van der Waals surface area contributed by atoms with Gasteiger partial charge in [0.05, 0.1) is 5.60 Å². The van der Waals surface area contributed by atoms with Crippen LogP contribution < -0.4 is 4.74 Å². The van der Waals surface area contributed by atoms with Crippen LogP contribution in [-0.2, 0) is 4.79 Å². The number of aromatic nitrogens is 1. The highest BCUT2D eigenvalue weighted by Crippen LogP contribution is 2.47. The van der Waals surface area contributed by atoms with Gasteiger partial charge >= 0.3 is 0 Å². The molecule has 3 aliphatic rings. The average Bonchev–Trinajstić information content (AvgIpc) is 2.53. The van der Waals surface area contributed by atoms with Crippen molar-refractivity contribution in [1.29, 1.82) is 0 Å². The molecule has 5 nitrogen and oxygen atoms in total. The molecule has 1 aromatic heterocycles. The van der Waals surface area contributed by atoms with Crippen LogP contribution in [0.3, 0.4) is 0 Å². The molecule has 1 aromatic rings. The number of ether oxygens (including phenoxy) is 1. The molecule has 142 valence electrons. The van der Waals surface area contributed by atoms with Crippen LogP contribution in [-0.4, -0.2) is 45.7 Å². The van der Waals surface area contributed by atoms with Gasteiger partial charge in [-0.3, -0.25) is 4.79 Å². The van der Waals surface area contributed by atoms with E-state index in [1.807, 2.05) is 24.8 Å². The molecule has 2 aliphatic carbocycles. The molecule has 0 bridgehead atoms. The standard InChI is InChI=1S/C20H27ClN2O3/c1-13-7-16(21)17(22-10-13)26-15-3-5-20(6-4-15)11-23(12-20)18(24)14-8-19(2,25)9-14/h7,10,14-15,25H,3-6,8-9,11-12H2,1-2H3. The van der Waals surface area contributed by atoms with Crippen molar-refractivity contribution < 1.29 is 14.6 Å². The number of hydrogen-bond donors (Lipinski definition) is 1. The van der Waals surface area contributed by atoms with Crippen molar-refractivity contribution in [2.24, 2.45) is 11.3 Å². The zero-order valence-electron chi connectivity index (χ0n) is 15.5. The minimum Gasteiger partial charge on any atom is -0.473 e. The van der Waals surface area contributed by atoms with Gasteiger partial charge in [-0.05, 0) is 64.0 Å². The lowest BCUT2D eigenvalue weighted by Gasteiger charge is -2.55. The molecule has 0 aromatic carbocycles. The fraction of sp³-hybridized carbons (Fsp3) is 0.700. The van der Waals surface area contributed by atoms with E-state index in [1.165, 1.54) is 0 Å². The first-order valence-corrected chi connectivity index (χ1v) is 9.93. The van der Waals surface area contributed by atoms with Crippen LogP contribution in [0.25, 0.3) is 0 Å². The van der Waals surface area contributed by atoms with Crippen molar-refractivity contribution in [3.8, 4) is 5.88 Å². The summed E-state index contributed by atoms with van der Waals surface area (Å²) in [5, 5.41) is 10.4. The Bertz CT molecular complexity index is 697. The lowest BCUT2D eigenvalue weighted by atomic mass is 9.66. The van der Waals surface area contributed by atoms with E-state index in [0.29, 0.717) is 23.7 Å². The molecule has 1 N–H and O–H groups in total. The smallest absolute Gasteiger partial charge is 0.232 e. The number of likely N-dealkylation sites (tertiary alicyclic amines) is 1. The SMILES string of the molecule is Cc1cnc(OC2CCC3(CC2)CN(C(=O)C2CC(C)(O)C2)C3)c(Cl)c1. The molecule has 1 aliphatic heterocycles. The minimum absolute atomic E-state index is 0.0248. The number of rotatable bonds is 3. The van der Waals surface area contributed by atoms with E-state index >= 15 is 0 Å². The molecule has 0 atom stereocenters. The van der Waals surface area contributed by atoms with Crippen molar-refractivity contribution in [3.05, 3.63) is 22.8 Å². The van der Waals surface area contributed by atoms with Crippen LogP contribution in [0.4, 0.5) is 0 Å². The number of pyridine rings is 1. The molecule has 2 saturated carbocycles. The molecule has 4 rings (SSSR count). The Morgan fingerprint density at radius 3 is 2.58 bits per heavy atom. The summed E-state index contributed by atoms with van der Waals surface area (Å²) in [5.41, 5.74) is 0.660. The summed E-state index contributed by atoms with van der Waals surface area (Å²) in [4.78, 5) is 18.7. The first-order chi connectivity index (χ1) is 12.3. The maximum Gasteiger partial charge on any atom is 0.232 e. The fourth-order valence-electron chi connectivity index (χ4n) is 4.76. The van der Waals surface area contributed by atoms with Crippen LogP contribution in [0.2, 0.25) is 5.02 Å². The van der Waals surface area contributed by atoms with Crippen LogP contribution in [0.1, 0.15) is 51.0 Å². The predicted molar refractivity (Wildman–Crippen MR) is 99.2 cm³/mol. The summed E-state index contributed by atoms with van der Waals surface area (Å²) in [6.45, 7) is 5.49. The molecular formula is C20H27ClN2O3. The second-order valence-electron chi connectivity index (χ2n) is 8.91. The van der Waals surface area contributed by atoms with E-state index in [-0.39, 0.29) is 23.3 Å². The largest absolute Gasteiger partial charge is 0.473 e. The number of nitrogens with zero attached hydrogens (tertiary/aromatic N) is 2. The molecule has 1 amide bonds. The maximum absolute atomic E-state index is 12.5. The third kappa shape index (κ3) is 3.44. The molecule has 3 fully saturated rings. The Morgan fingerprint density at radius 1 is 1.35 bits per heavy atom. The van der Waals surface area contributed by atoms with Crippen LogP contribution in [0, 0.1) is 18.3 Å². The molecule has 26 heavy (non-hydrogen) atoms. The number of halogens is 1. The van der Waals surface area contributed by atoms with Crippen molar-refractivity contribution in [1.82, 2.24) is 9.88 Å². The molecule has 2 heterocycles. The van der Waals surface area contributed by atoms with E-state index < -0.39 is 5.60 Å². The third-order valence-corrected chi connectivity index (χ3v) is 6.57. The van der Waals surface area contributed by atoms with E-state index in [1.54, 1.807) is 6.20 Å². The van der Waals surface area contributed by atoms with E-state index in [2.05, 4.69) is 4.98 Å². The number of amides is 1. The van der Waals surface area contributed by atoms with E-state index in [4.69, 9.17) is 16.3 Å². The highest BCUT2D eigenvalue weighted by molar-refractivity contribution is 6.31. The quantitative estimate of drug-likeness (QED) is 0.876. The minimum atomic E-state index is -0.635. The van der Waals surface area contributed by atoms with Gasteiger partial charge in [0, 0.05) is 30.6 Å². The van der Waals surface area contributed by atoms with Crippen molar-refractivity contribution in [2.75, 3.05) is 13.1 Å². The molecular weight excluding hydrogens is 352 g/mol. The molecule has 0 unspecified atom stereocenters. The van der Waals surface area contributed by atoms with Gasteiger partial charge in [-0.1, -0.05) is 11.6 Å². The summed E-state index contributed by atoms with van der Waals surface area (Å²) >= 11 is 6.22. The van der Waals surface area contributed by atoms with Gasteiger partial charge in [0.25, 0.3) is 0 Å². The number of carbonyl (C=O) groups is 1. The van der Waals surface area contributed by atoms with Crippen molar-refractivity contribution in [2.45, 2.75) is 64.1 Å². The first kappa shape index (κ1) is 18.1. The van der Waals surface area contributed by atoms with Gasteiger partial charge in [-0.15, -0.1) is 0 Å². The van der Waals surface area contributed by atoms with Gasteiger partial charge in [-0.2, -0.15) is 0 Å². The van der Waals surface area contributed by atoms with Gasteiger partial charge in [0.15, 0.2) is 0 Å². The Morgan fingerprint density at radius 2 is 2.00 bits per heavy atom. The van der Waals surface area contributed by atoms with Gasteiger partial charge in [0.2, 0.25) is 11.8 Å². The van der Waals surface area contributed by atoms with Crippen molar-refractivity contribution in [3.63, 3.8) is 0 Å². The third-order valence-electron chi connectivity index (χ3n) is 6.30. The molecule has 1 saturated heterocycles. The average molecular weight is 379 g/mol. The highest BCUT2D eigenvalue weighted by Gasteiger charge is 2.51. The fourth-order valence-corrected chi connectivity index (χ4v) is 5.02. The number of aliphatic hydroxyl groups is 1. The summed E-state index contributed by atoms with van der Waals surface area (Å²) < 4.78 is 6.01. The molecule has 1 spiro atoms.